The first-order valence-electron chi connectivity index (χ1n) is 8.05. The number of halogens is 1. The van der Waals surface area contributed by atoms with Crippen LogP contribution in [0, 0.1) is 5.92 Å². The Morgan fingerprint density at radius 1 is 1.29 bits per heavy atom. The lowest BCUT2D eigenvalue weighted by Crippen LogP contribution is -2.46. The van der Waals surface area contributed by atoms with E-state index in [-0.39, 0.29) is 5.25 Å². The van der Waals surface area contributed by atoms with Crippen molar-refractivity contribution in [2.45, 2.75) is 62.1 Å². The fourth-order valence-electron chi connectivity index (χ4n) is 3.39. The Morgan fingerprint density at radius 3 is 2.71 bits per heavy atom. The van der Waals surface area contributed by atoms with Gasteiger partial charge in [-0.25, -0.2) is 0 Å². The Bertz CT molecular complexity index is 480. The van der Waals surface area contributed by atoms with Gasteiger partial charge >= 0.3 is 0 Å². The summed E-state index contributed by atoms with van der Waals surface area (Å²) in [4.78, 5) is 0.947. The predicted octanol–water partition coefficient (Wildman–Crippen LogP) is 4.50. The Morgan fingerprint density at radius 2 is 2.05 bits per heavy atom. The summed E-state index contributed by atoms with van der Waals surface area (Å²) in [6.07, 6.45) is 6.00. The second kappa shape index (κ2) is 8.44. The lowest BCUT2D eigenvalue weighted by molar-refractivity contribution is 0.286. The molecule has 0 spiro atoms. The van der Waals surface area contributed by atoms with Gasteiger partial charge < -0.3 is 5.32 Å². The summed E-state index contributed by atoms with van der Waals surface area (Å²) in [6, 6.07) is 8.32. The van der Waals surface area contributed by atoms with Crippen molar-refractivity contribution in [3.8, 4) is 0 Å². The first kappa shape index (κ1) is 17.2. The molecule has 21 heavy (non-hydrogen) atoms. The average molecular weight is 372 g/mol. The molecule has 0 heterocycles. The molecule has 1 aliphatic rings. The molecule has 4 atom stereocenters. The summed E-state index contributed by atoms with van der Waals surface area (Å²) < 4.78 is 14.1. The number of hydrogen-bond acceptors (Lipinski definition) is 2. The van der Waals surface area contributed by atoms with Crippen LogP contribution in [0.25, 0.3) is 0 Å². The molecule has 1 N–H and O–H groups in total. The molecule has 1 aromatic rings. The fourth-order valence-corrected chi connectivity index (χ4v) is 5.93. The minimum Gasteiger partial charge on any atom is -0.313 e. The minimum atomic E-state index is -0.947. The van der Waals surface area contributed by atoms with Crippen LogP contribution in [0.15, 0.2) is 33.6 Å². The van der Waals surface area contributed by atoms with E-state index in [0.717, 1.165) is 34.7 Å². The van der Waals surface area contributed by atoms with Gasteiger partial charge in [0, 0.05) is 10.5 Å². The van der Waals surface area contributed by atoms with Gasteiger partial charge in [0.05, 0.1) is 20.9 Å². The molecule has 2 nitrogen and oxygen atoms in total. The SMILES string of the molecule is CCCC1CCC(NCC)C(S(=O)c2ccccc2Br)C1. The summed E-state index contributed by atoms with van der Waals surface area (Å²) in [5.74, 6) is 0.737. The van der Waals surface area contributed by atoms with E-state index in [4.69, 9.17) is 0 Å². The monoisotopic (exact) mass is 371 g/mol. The van der Waals surface area contributed by atoms with Crippen LogP contribution >= 0.6 is 15.9 Å². The van der Waals surface area contributed by atoms with Crippen LogP contribution in [0.1, 0.15) is 46.0 Å². The zero-order chi connectivity index (χ0) is 15.2. The highest BCUT2D eigenvalue weighted by Gasteiger charge is 2.34. The van der Waals surface area contributed by atoms with Crippen LogP contribution in [0.3, 0.4) is 0 Å². The molecule has 0 saturated heterocycles. The molecule has 1 aliphatic carbocycles. The number of benzene rings is 1. The molecule has 2 rings (SSSR count). The lowest BCUT2D eigenvalue weighted by atomic mass is 9.83. The molecule has 1 aromatic carbocycles. The van der Waals surface area contributed by atoms with E-state index in [0.29, 0.717) is 6.04 Å². The average Bonchev–Trinajstić information content (AvgIpc) is 2.49. The summed E-state index contributed by atoms with van der Waals surface area (Å²) in [7, 11) is -0.947. The fraction of sp³-hybridized carbons (Fsp3) is 0.647. The zero-order valence-corrected chi connectivity index (χ0v) is 15.4. The third-order valence-corrected chi connectivity index (χ3v) is 7.21. The van der Waals surface area contributed by atoms with Crippen molar-refractivity contribution >= 4 is 26.7 Å². The maximum Gasteiger partial charge on any atom is 0.0588 e. The Hall–Kier alpha value is -0.190. The largest absolute Gasteiger partial charge is 0.313 e. The third kappa shape index (κ3) is 4.40. The van der Waals surface area contributed by atoms with Crippen LogP contribution < -0.4 is 5.32 Å². The Balaban J connectivity index is 2.18. The van der Waals surface area contributed by atoms with Gasteiger partial charge in [-0.1, -0.05) is 38.8 Å². The topological polar surface area (TPSA) is 29.1 Å². The molecular formula is C17H26BrNOS. The zero-order valence-electron chi connectivity index (χ0n) is 13.0. The van der Waals surface area contributed by atoms with E-state index in [2.05, 4.69) is 35.1 Å². The van der Waals surface area contributed by atoms with E-state index in [9.17, 15) is 4.21 Å². The van der Waals surface area contributed by atoms with Crippen molar-refractivity contribution in [2.75, 3.05) is 6.54 Å². The summed E-state index contributed by atoms with van der Waals surface area (Å²) in [6.45, 7) is 5.33. The maximum atomic E-state index is 13.1. The quantitative estimate of drug-likeness (QED) is 0.796. The number of nitrogens with one attached hydrogen (secondary N) is 1. The number of rotatable bonds is 6. The van der Waals surface area contributed by atoms with E-state index >= 15 is 0 Å². The molecule has 0 radical (unpaired) electrons. The molecule has 0 aliphatic heterocycles. The summed E-state index contributed by atoms with van der Waals surface area (Å²) >= 11 is 3.55. The number of hydrogen-bond donors (Lipinski definition) is 1. The standard InChI is InChI=1S/C17H26BrNOS/c1-3-7-13-10-11-15(19-4-2)17(12-13)21(20)16-9-6-5-8-14(16)18/h5-6,8-9,13,15,17,19H,3-4,7,10-12H2,1-2H3. The smallest absolute Gasteiger partial charge is 0.0588 e. The van der Waals surface area contributed by atoms with Gasteiger partial charge in [0.1, 0.15) is 0 Å². The normalized spacial score (nSPS) is 27.5. The molecule has 0 bridgehead atoms. The van der Waals surface area contributed by atoms with Gasteiger partial charge in [-0.2, -0.15) is 0 Å². The van der Waals surface area contributed by atoms with Gasteiger partial charge in [-0.15, -0.1) is 0 Å². The molecular weight excluding hydrogens is 346 g/mol. The van der Waals surface area contributed by atoms with Crippen LogP contribution in [0.4, 0.5) is 0 Å². The van der Waals surface area contributed by atoms with Gasteiger partial charge in [-0.05, 0) is 59.8 Å². The highest BCUT2D eigenvalue weighted by atomic mass is 79.9. The third-order valence-electron chi connectivity index (χ3n) is 4.39. The van der Waals surface area contributed by atoms with E-state index in [1.807, 2.05) is 24.3 Å². The molecule has 1 fully saturated rings. The van der Waals surface area contributed by atoms with Crippen LogP contribution in [0.2, 0.25) is 0 Å². The second-order valence-corrected chi connectivity index (χ2v) is 8.39. The van der Waals surface area contributed by atoms with Crippen molar-refractivity contribution in [3.63, 3.8) is 0 Å². The van der Waals surface area contributed by atoms with Gasteiger partial charge in [0.2, 0.25) is 0 Å². The minimum absolute atomic E-state index is 0.231. The van der Waals surface area contributed by atoms with Crippen molar-refractivity contribution in [1.82, 2.24) is 5.32 Å². The molecule has 0 amide bonds. The van der Waals surface area contributed by atoms with Crippen molar-refractivity contribution < 1.29 is 4.21 Å². The van der Waals surface area contributed by atoms with Gasteiger partial charge in [-0.3, -0.25) is 4.21 Å². The van der Waals surface area contributed by atoms with Crippen molar-refractivity contribution in [2.24, 2.45) is 5.92 Å². The van der Waals surface area contributed by atoms with E-state index < -0.39 is 10.8 Å². The first-order chi connectivity index (χ1) is 10.2. The first-order valence-corrected chi connectivity index (χ1v) is 10.1. The Kier molecular flexibility index (Phi) is 6.90. The maximum absolute atomic E-state index is 13.1. The molecule has 118 valence electrons. The summed E-state index contributed by atoms with van der Waals surface area (Å²) in [5.41, 5.74) is 0. The highest BCUT2D eigenvalue weighted by molar-refractivity contribution is 9.10. The summed E-state index contributed by atoms with van der Waals surface area (Å²) in [5, 5.41) is 3.79. The molecule has 1 saturated carbocycles. The van der Waals surface area contributed by atoms with Crippen molar-refractivity contribution in [3.05, 3.63) is 28.7 Å². The van der Waals surface area contributed by atoms with Gasteiger partial charge in [0.15, 0.2) is 0 Å². The lowest BCUT2D eigenvalue weighted by Gasteiger charge is -2.36. The highest BCUT2D eigenvalue weighted by Crippen LogP contribution is 2.34. The van der Waals surface area contributed by atoms with Crippen molar-refractivity contribution in [1.29, 1.82) is 0 Å². The Labute approximate surface area is 139 Å². The second-order valence-electron chi connectivity index (χ2n) is 5.90. The van der Waals surface area contributed by atoms with Crippen LogP contribution in [0.5, 0.6) is 0 Å². The molecule has 4 unspecified atom stereocenters. The van der Waals surface area contributed by atoms with E-state index in [1.165, 1.54) is 19.3 Å². The predicted molar refractivity (Wildman–Crippen MR) is 94.1 cm³/mol. The molecule has 0 aromatic heterocycles. The molecule has 4 heteroatoms. The van der Waals surface area contributed by atoms with Gasteiger partial charge in [0.25, 0.3) is 0 Å². The van der Waals surface area contributed by atoms with Crippen LogP contribution in [-0.4, -0.2) is 22.0 Å². The van der Waals surface area contributed by atoms with Crippen LogP contribution in [-0.2, 0) is 10.8 Å². The van der Waals surface area contributed by atoms with E-state index in [1.54, 1.807) is 0 Å².